The lowest BCUT2D eigenvalue weighted by atomic mass is 9.85. The third-order valence-corrected chi connectivity index (χ3v) is 5.56. The molecular formula is C19H28N4O3. The molecule has 0 saturated carbocycles. The number of methoxy groups -OCH3 is 1. The Morgan fingerprint density at radius 3 is 2.58 bits per heavy atom. The molecule has 2 fully saturated rings. The molecular weight excluding hydrogens is 332 g/mol. The zero-order valence-electron chi connectivity index (χ0n) is 15.9. The molecule has 7 nitrogen and oxygen atoms in total. The molecule has 3 heterocycles. The molecule has 1 aromatic rings. The molecule has 1 aromatic heterocycles. The van der Waals surface area contributed by atoms with E-state index in [1.54, 1.807) is 24.4 Å². The first-order valence-corrected chi connectivity index (χ1v) is 9.25. The van der Waals surface area contributed by atoms with Gasteiger partial charge in [0, 0.05) is 45.2 Å². The van der Waals surface area contributed by atoms with E-state index in [1.807, 2.05) is 12.1 Å². The summed E-state index contributed by atoms with van der Waals surface area (Å²) in [5.41, 5.74) is 0.126. The summed E-state index contributed by atoms with van der Waals surface area (Å²) in [4.78, 5) is 36.0. The topological polar surface area (TPSA) is 66.0 Å². The fraction of sp³-hybridized carbons (Fsp3) is 0.632. The van der Waals surface area contributed by atoms with Crippen LogP contribution in [0, 0.1) is 0 Å². The van der Waals surface area contributed by atoms with Crippen LogP contribution >= 0.6 is 0 Å². The maximum atomic E-state index is 13.3. The van der Waals surface area contributed by atoms with Gasteiger partial charge in [0.05, 0.1) is 13.2 Å². The average molecular weight is 360 g/mol. The first-order valence-electron chi connectivity index (χ1n) is 9.25. The van der Waals surface area contributed by atoms with Crippen molar-refractivity contribution in [2.24, 2.45) is 0 Å². The van der Waals surface area contributed by atoms with Crippen molar-refractivity contribution >= 4 is 11.9 Å². The number of hydrogen-bond donors (Lipinski definition) is 0. The molecule has 0 aliphatic carbocycles. The Bertz CT molecular complexity index is 641. The second kappa shape index (κ2) is 7.72. The van der Waals surface area contributed by atoms with Gasteiger partial charge in [0.1, 0.15) is 5.54 Å². The van der Waals surface area contributed by atoms with Gasteiger partial charge >= 0.3 is 6.03 Å². The van der Waals surface area contributed by atoms with Crippen molar-refractivity contribution in [2.45, 2.75) is 44.8 Å². The van der Waals surface area contributed by atoms with Gasteiger partial charge in [-0.3, -0.25) is 14.7 Å². The van der Waals surface area contributed by atoms with Gasteiger partial charge in [0.15, 0.2) is 0 Å². The van der Waals surface area contributed by atoms with Gasteiger partial charge in [-0.1, -0.05) is 6.07 Å². The Hall–Kier alpha value is -1.99. The van der Waals surface area contributed by atoms with Crippen molar-refractivity contribution in [3.63, 3.8) is 0 Å². The molecule has 0 radical (unpaired) electrons. The predicted molar refractivity (Wildman–Crippen MR) is 97.4 cm³/mol. The smallest absolute Gasteiger partial charge is 0.328 e. The van der Waals surface area contributed by atoms with Gasteiger partial charge in [0.25, 0.3) is 5.91 Å². The molecule has 0 unspecified atom stereocenters. The van der Waals surface area contributed by atoms with Gasteiger partial charge in [-0.05, 0) is 38.3 Å². The zero-order chi connectivity index (χ0) is 18.7. The Morgan fingerprint density at radius 2 is 2.00 bits per heavy atom. The van der Waals surface area contributed by atoms with Gasteiger partial charge in [-0.15, -0.1) is 0 Å². The largest absolute Gasteiger partial charge is 0.383 e. The van der Waals surface area contributed by atoms with E-state index in [9.17, 15) is 9.59 Å². The SMILES string of the molecule is COCCN1C(=O)N(Cc2cccnc2)C(=O)C12CCN(C(C)C)CC2. The van der Waals surface area contributed by atoms with E-state index in [1.165, 1.54) is 4.90 Å². The van der Waals surface area contributed by atoms with Crippen molar-refractivity contribution in [1.29, 1.82) is 0 Å². The number of nitrogens with zero attached hydrogens (tertiary/aromatic N) is 4. The highest BCUT2D eigenvalue weighted by molar-refractivity contribution is 6.07. The maximum Gasteiger partial charge on any atom is 0.328 e. The van der Waals surface area contributed by atoms with E-state index in [0.29, 0.717) is 32.0 Å². The fourth-order valence-electron chi connectivity index (χ4n) is 3.98. The summed E-state index contributed by atoms with van der Waals surface area (Å²) in [7, 11) is 1.61. The summed E-state index contributed by atoms with van der Waals surface area (Å²) in [6.07, 6.45) is 4.73. The van der Waals surface area contributed by atoms with E-state index in [2.05, 4.69) is 23.7 Å². The lowest BCUT2D eigenvalue weighted by Gasteiger charge is -2.43. The first-order chi connectivity index (χ1) is 12.5. The highest BCUT2D eigenvalue weighted by Gasteiger charge is 2.57. The van der Waals surface area contributed by atoms with E-state index >= 15 is 0 Å². The number of hydrogen-bond acceptors (Lipinski definition) is 5. The van der Waals surface area contributed by atoms with Crippen molar-refractivity contribution in [1.82, 2.24) is 19.7 Å². The monoisotopic (exact) mass is 360 g/mol. The first kappa shape index (κ1) is 18.8. The number of likely N-dealkylation sites (tertiary alicyclic amines) is 1. The molecule has 142 valence electrons. The minimum Gasteiger partial charge on any atom is -0.383 e. The highest BCUT2D eigenvalue weighted by Crippen LogP contribution is 2.38. The third-order valence-electron chi connectivity index (χ3n) is 5.56. The number of pyridine rings is 1. The second-order valence-corrected chi connectivity index (χ2v) is 7.34. The number of carbonyl (C=O) groups excluding carboxylic acids is 2. The minimum absolute atomic E-state index is 0.0779. The summed E-state index contributed by atoms with van der Waals surface area (Å²) in [6.45, 7) is 7.10. The molecule has 3 amide bonds. The van der Waals surface area contributed by atoms with Crippen LogP contribution in [0.1, 0.15) is 32.3 Å². The zero-order valence-corrected chi connectivity index (χ0v) is 15.9. The second-order valence-electron chi connectivity index (χ2n) is 7.34. The van der Waals surface area contributed by atoms with Crippen LogP contribution in [0.2, 0.25) is 0 Å². The lowest BCUT2D eigenvalue weighted by Crippen LogP contribution is -2.58. The number of aromatic nitrogens is 1. The molecule has 7 heteroatoms. The Balaban J connectivity index is 1.84. The number of carbonyl (C=O) groups is 2. The minimum atomic E-state index is -0.733. The van der Waals surface area contributed by atoms with Crippen molar-refractivity contribution in [2.75, 3.05) is 33.4 Å². The van der Waals surface area contributed by atoms with E-state index in [0.717, 1.165) is 18.7 Å². The van der Waals surface area contributed by atoms with Gasteiger partial charge < -0.3 is 14.5 Å². The summed E-state index contributed by atoms with van der Waals surface area (Å²) < 4.78 is 5.19. The number of piperidine rings is 1. The summed E-state index contributed by atoms with van der Waals surface area (Å²) in [6, 6.07) is 3.94. The predicted octanol–water partition coefficient (Wildman–Crippen LogP) is 1.74. The Kier molecular flexibility index (Phi) is 5.58. The molecule has 0 aromatic carbocycles. The fourth-order valence-corrected chi connectivity index (χ4v) is 3.98. The van der Waals surface area contributed by atoms with E-state index in [4.69, 9.17) is 4.74 Å². The number of rotatable bonds is 6. The molecule has 0 bridgehead atoms. The van der Waals surface area contributed by atoms with Crippen LogP contribution in [-0.4, -0.2) is 76.6 Å². The molecule has 2 aliphatic heterocycles. The Labute approximate surface area is 154 Å². The molecule has 26 heavy (non-hydrogen) atoms. The van der Waals surface area contributed by atoms with Gasteiger partial charge in [-0.2, -0.15) is 0 Å². The highest BCUT2D eigenvalue weighted by atomic mass is 16.5. The van der Waals surface area contributed by atoms with Crippen LogP contribution in [0.3, 0.4) is 0 Å². The standard InChI is InChI=1S/C19H28N4O3/c1-15(2)21-9-6-19(7-10-21)17(24)22(14-16-5-4-8-20-13-16)18(25)23(19)11-12-26-3/h4-5,8,13,15H,6-7,9-12,14H2,1-3H3. The number of amides is 3. The maximum absolute atomic E-state index is 13.3. The quantitative estimate of drug-likeness (QED) is 0.723. The molecule has 2 aliphatic rings. The normalized spacial score (nSPS) is 20.6. The summed E-state index contributed by atoms with van der Waals surface area (Å²) >= 11 is 0. The van der Waals surface area contributed by atoms with Gasteiger partial charge in [-0.25, -0.2) is 4.79 Å². The average Bonchev–Trinajstić information content (AvgIpc) is 2.83. The van der Waals surface area contributed by atoms with Gasteiger partial charge in [0.2, 0.25) is 0 Å². The lowest BCUT2D eigenvalue weighted by molar-refractivity contribution is -0.136. The van der Waals surface area contributed by atoms with E-state index < -0.39 is 5.54 Å². The van der Waals surface area contributed by atoms with Crippen molar-refractivity contribution in [3.05, 3.63) is 30.1 Å². The molecule has 0 N–H and O–H groups in total. The van der Waals surface area contributed by atoms with E-state index in [-0.39, 0.29) is 18.5 Å². The van der Waals surface area contributed by atoms with Crippen LogP contribution in [0.15, 0.2) is 24.5 Å². The molecule has 3 rings (SSSR count). The number of imide groups is 1. The molecule has 0 atom stereocenters. The van der Waals surface area contributed by atoms with Crippen molar-refractivity contribution in [3.8, 4) is 0 Å². The summed E-state index contributed by atoms with van der Waals surface area (Å²) in [5, 5.41) is 0. The number of urea groups is 1. The molecule has 2 saturated heterocycles. The van der Waals surface area contributed by atoms with Crippen LogP contribution in [-0.2, 0) is 16.1 Å². The summed E-state index contributed by atoms with van der Waals surface area (Å²) in [5.74, 6) is -0.0779. The van der Waals surface area contributed by atoms with Crippen LogP contribution < -0.4 is 0 Å². The van der Waals surface area contributed by atoms with Crippen LogP contribution in [0.25, 0.3) is 0 Å². The van der Waals surface area contributed by atoms with Crippen molar-refractivity contribution < 1.29 is 14.3 Å². The Morgan fingerprint density at radius 1 is 1.27 bits per heavy atom. The number of ether oxygens (including phenoxy) is 1. The third kappa shape index (κ3) is 3.33. The van der Waals surface area contributed by atoms with Crippen LogP contribution in [0.4, 0.5) is 4.79 Å². The molecule has 1 spiro atoms. The van der Waals surface area contributed by atoms with Crippen LogP contribution in [0.5, 0.6) is 0 Å².